The molecule has 0 bridgehead atoms. The summed E-state index contributed by atoms with van der Waals surface area (Å²) in [6, 6.07) is 5.43. The number of nitrogens with zero attached hydrogens (tertiary/aromatic N) is 2. The maximum atomic E-state index is 6.28. The zero-order valence-corrected chi connectivity index (χ0v) is 12.3. The Morgan fingerprint density at radius 2 is 1.89 bits per heavy atom. The van der Waals surface area contributed by atoms with Crippen LogP contribution in [-0.2, 0) is 0 Å². The highest BCUT2D eigenvalue weighted by Crippen LogP contribution is 2.31. The third kappa shape index (κ3) is 3.24. The van der Waals surface area contributed by atoms with Crippen molar-refractivity contribution in [3.8, 4) is 0 Å². The van der Waals surface area contributed by atoms with E-state index in [4.69, 9.17) is 23.2 Å². The molecule has 0 amide bonds. The van der Waals surface area contributed by atoms with Crippen LogP contribution in [0, 0.1) is 6.92 Å². The highest BCUT2D eigenvalue weighted by molar-refractivity contribution is 6.42. The number of halogens is 2. The first-order valence-electron chi connectivity index (χ1n) is 6.09. The second-order valence-electron chi connectivity index (χ2n) is 4.25. The van der Waals surface area contributed by atoms with E-state index in [0.717, 1.165) is 17.7 Å². The van der Waals surface area contributed by atoms with Gasteiger partial charge in [0, 0.05) is 12.4 Å². The molecule has 0 saturated heterocycles. The predicted octanol–water partition coefficient (Wildman–Crippen LogP) is 3.79. The average Bonchev–Trinajstić information content (AvgIpc) is 2.41. The van der Waals surface area contributed by atoms with Crippen LogP contribution in [0.2, 0.25) is 10.0 Å². The van der Waals surface area contributed by atoms with Gasteiger partial charge in [-0.25, -0.2) is 9.97 Å². The minimum atomic E-state index is -0.156. The molecule has 0 saturated carbocycles. The Labute approximate surface area is 123 Å². The minimum absolute atomic E-state index is 0.156. The van der Waals surface area contributed by atoms with Gasteiger partial charge in [0.2, 0.25) is 0 Å². The van der Waals surface area contributed by atoms with Crippen LogP contribution in [0.4, 0.5) is 0 Å². The van der Waals surface area contributed by atoms with Gasteiger partial charge in [-0.15, -0.1) is 0 Å². The minimum Gasteiger partial charge on any atom is -0.304 e. The smallest absolute Gasteiger partial charge is 0.149 e. The summed E-state index contributed by atoms with van der Waals surface area (Å²) >= 11 is 12.3. The molecule has 1 aromatic carbocycles. The van der Waals surface area contributed by atoms with Gasteiger partial charge < -0.3 is 5.32 Å². The second-order valence-corrected chi connectivity index (χ2v) is 5.04. The summed E-state index contributed by atoms with van der Waals surface area (Å²) in [6.07, 6.45) is 3.59. The summed E-state index contributed by atoms with van der Waals surface area (Å²) in [5.41, 5.74) is 1.91. The molecule has 1 atom stereocenters. The molecule has 2 aromatic rings. The number of aryl methyl sites for hydroxylation is 1. The Bertz CT molecular complexity index is 555. The molecule has 1 N–H and O–H groups in total. The van der Waals surface area contributed by atoms with Crippen molar-refractivity contribution in [2.24, 2.45) is 0 Å². The summed E-state index contributed by atoms with van der Waals surface area (Å²) in [6.45, 7) is 4.77. The van der Waals surface area contributed by atoms with Gasteiger partial charge in [-0.1, -0.05) is 42.3 Å². The first-order valence-corrected chi connectivity index (χ1v) is 6.85. The van der Waals surface area contributed by atoms with Crippen LogP contribution in [0.15, 0.2) is 30.6 Å². The van der Waals surface area contributed by atoms with Gasteiger partial charge in [0.05, 0.1) is 16.1 Å². The van der Waals surface area contributed by atoms with Crippen LogP contribution in [0.5, 0.6) is 0 Å². The van der Waals surface area contributed by atoms with E-state index in [-0.39, 0.29) is 6.04 Å². The summed E-state index contributed by atoms with van der Waals surface area (Å²) in [7, 11) is 0. The zero-order valence-electron chi connectivity index (χ0n) is 10.8. The third-order valence-corrected chi connectivity index (χ3v) is 3.59. The molecule has 2 rings (SSSR count). The maximum absolute atomic E-state index is 6.28. The molecule has 0 aliphatic carbocycles. The van der Waals surface area contributed by atoms with Gasteiger partial charge in [-0.2, -0.15) is 0 Å². The molecule has 1 heterocycles. The van der Waals surface area contributed by atoms with Crippen LogP contribution in [0.25, 0.3) is 0 Å². The van der Waals surface area contributed by atoms with Gasteiger partial charge >= 0.3 is 0 Å². The number of benzene rings is 1. The zero-order chi connectivity index (χ0) is 13.8. The van der Waals surface area contributed by atoms with Crippen LogP contribution in [-0.4, -0.2) is 16.5 Å². The van der Waals surface area contributed by atoms with Gasteiger partial charge in [0.25, 0.3) is 0 Å². The molecule has 0 aliphatic heterocycles. The number of nitrogens with one attached hydrogen (secondary N) is 1. The van der Waals surface area contributed by atoms with E-state index in [1.165, 1.54) is 0 Å². The van der Waals surface area contributed by atoms with Gasteiger partial charge in [-0.3, -0.25) is 0 Å². The number of hydrogen-bond donors (Lipinski definition) is 1. The molecule has 19 heavy (non-hydrogen) atoms. The van der Waals surface area contributed by atoms with Crippen molar-refractivity contribution in [2.45, 2.75) is 19.9 Å². The quantitative estimate of drug-likeness (QED) is 0.932. The molecule has 100 valence electrons. The van der Waals surface area contributed by atoms with E-state index in [0.29, 0.717) is 15.9 Å². The van der Waals surface area contributed by atoms with Crippen molar-refractivity contribution in [2.75, 3.05) is 6.54 Å². The Morgan fingerprint density at radius 3 is 2.53 bits per heavy atom. The van der Waals surface area contributed by atoms with Crippen molar-refractivity contribution in [3.05, 3.63) is 57.6 Å². The number of rotatable bonds is 4. The van der Waals surface area contributed by atoms with Crippen molar-refractivity contribution < 1.29 is 0 Å². The van der Waals surface area contributed by atoms with Crippen molar-refractivity contribution in [3.63, 3.8) is 0 Å². The molecule has 0 radical (unpaired) electrons. The van der Waals surface area contributed by atoms with E-state index in [2.05, 4.69) is 15.3 Å². The first-order chi connectivity index (χ1) is 9.13. The fourth-order valence-electron chi connectivity index (χ4n) is 1.84. The standard InChI is InChI=1S/C14H15Cl2N3/c1-3-17-13(14-18-7-9(2)8-19-14)10-5-4-6-11(15)12(10)16/h4-8,13,17H,3H2,1-2H3. The maximum Gasteiger partial charge on any atom is 0.149 e. The van der Waals surface area contributed by atoms with Gasteiger partial charge in [-0.05, 0) is 30.7 Å². The Morgan fingerprint density at radius 1 is 1.21 bits per heavy atom. The highest BCUT2D eigenvalue weighted by Gasteiger charge is 2.19. The molecular weight excluding hydrogens is 281 g/mol. The summed E-state index contributed by atoms with van der Waals surface area (Å²) in [4.78, 5) is 8.74. The Hall–Kier alpha value is -1.16. The van der Waals surface area contributed by atoms with Crippen molar-refractivity contribution >= 4 is 23.2 Å². The van der Waals surface area contributed by atoms with E-state index >= 15 is 0 Å². The third-order valence-electron chi connectivity index (χ3n) is 2.76. The molecular formula is C14H15Cl2N3. The largest absolute Gasteiger partial charge is 0.304 e. The second kappa shape index (κ2) is 6.33. The van der Waals surface area contributed by atoms with E-state index < -0.39 is 0 Å². The van der Waals surface area contributed by atoms with E-state index in [1.54, 1.807) is 18.5 Å². The van der Waals surface area contributed by atoms with Crippen LogP contribution in [0.3, 0.4) is 0 Å². The van der Waals surface area contributed by atoms with Crippen LogP contribution >= 0.6 is 23.2 Å². The summed E-state index contributed by atoms with van der Waals surface area (Å²) in [5.74, 6) is 0.691. The van der Waals surface area contributed by atoms with Crippen LogP contribution < -0.4 is 5.32 Å². The Kier molecular flexibility index (Phi) is 4.75. The highest BCUT2D eigenvalue weighted by atomic mass is 35.5. The van der Waals surface area contributed by atoms with E-state index in [9.17, 15) is 0 Å². The topological polar surface area (TPSA) is 37.8 Å². The number of hydrogen-bond acceptors (Lipinski definition) is 3. The molecule has 0 spiro atoms. The monoisotopic (exact) mass is 295 g/mol. The van der Waals surface area contributed by atoms with Crippen molar-refractivity contribution in [1.29, 1.82) is 0 Å². The Balaban J connectivity index is 2.45. The normalized spacial score (nSPS) is 12.4. The molecule has 0 aliphatic rings. The summed E-state index contributed by atoms with van der Waals surface area (Å²) in [5, 5.41) is 4.41. The van der Waals surface area contributed by atoms with Crippen molar-refractivity contribution in [1.82, 2.24) is 15.3 Å². The molecule has 1 unspecified atom stereocenters. The predicted molar refractivity (Wildman–Crippen MR) is 78.8 cm³/mol. The summed E-state index contributed by atoms with van der Waals surface area (Å²) < 4.78 is 0. The SMILES string of the molecule is CCNC(c1ncc(C)cn1)c1cccc(Cl)c1Cl. The lowest BCUT2D eigenvalue weighted by atomic mass is 10.1. The average molecular weight is 296 g/mol. The molecule has 1 aromatic heterocycles. The van der Waals surface area contributed by atoms with Crippen LogP contribution in [0.1, 0.15) is 29.9 Å². The molecule has 5 heteroatoms. The van der Waals surface area contributed by atoms with Gasteiger partial charge in [0.1, 0.15) is 5.82 Å². The van der Waals surface area contributed by atoms with E-state index in [1.807, 2.05) is 26.0 Å². The van der Waals surface area contributed by atoms with Gasteiger partial charge in [0.15, 0.2) is 0 Å². The fraction of sp³-hybridized carbons (Fsp3) is 0.286. The molecule has 3 nitrogen and oxygen atoms in total. The number of aromatic nitrogens is 2. The molecule has 0 fully saturated rings. The lowest BCUT2D eigenvalue weighted by molar-refractivity contribution is 0.597. The lowest BCUT2D eigenvalue weighted by Crippen LogP contribution is -2.24. The first kappa shape index (κ1) is 14.3. The fourth-order valence-corrected chi connectivity index (χ4v) is 2.26. The lowest BCUT2D eigenvalue weighted by Gasteiger charge is -2.18.